The van der Waals surface area contributed by atoms with Crippen molar-refractivity contribution in [2.75, 3.05) is 31.1 Å². The predicted molar refractivity (Wildman–Crippen MR) is 247 cm³/mol. The second-order valence-corrected chi connectivity index (χ2v) is 21.7. The van der Waals surface area contributed by atoms with E-state index in [1.165, 1.54) is 44.7 Å². The van der Waals surface area contributed by atoms with Gasteiger partial charge in [-0.05, 0) is 143 Å². The lowest BCUT2D eigenvalue weighted by Gasteiger charge is -2.56. The highest BCUT2D eigenvalue weighted by Gasteiger charge is 2.50. The van der Waals surface area contributed by atoms with Crippen molar-refractivity contribution < 1.29 is 37.5 Å². The minimum atomic E-state index is -4.68. The van der Waals surface area contributed by atoms with Crippen molar-refractivity contribution in [2.24, 2.45) is 11.3 Å². The van der Waals surface area contributed by atoms with Gasteiger partial charge in [0.15, 0.2) is 5.75 Å². The summed E-state index contributed by atoms with van der Waals surface area (Å²) >= 11 is 0. The standard InChI is InChI=1S/C50H56N6O9S/c1-49(58)15-12-32(13-16-49)45-30-63-44-26-37(25-42(56(59)60)46(44)65-45)66(61,62)53-48(57)40-11-10-34(24-43(40)64-36-23-33-14-19-51-47(33)52-29-36)54-21-17-50(18-22-54)27-35(28-50)55-20-4-7-41(55)39-6-3-2-5-38(39)31-8-9-31/h2-3,5-6,10-11,14,19,23-26,29,31-32,35,41,45,58H,4,7-9,12-13,15-18,20-22,27-28,30H2,1H3,(H,51,52)(H,53,57)/t32?,41-,45+,49?/m1/s1. The molecule has 1 amide bonds. The molecule has 3 aromatic carbocycles. The number of fused-ring (bicyclic) bond motifs is 2. The molecule has 11 rings (SSSR count). The van der Waals surface area contributed by atoms with Crippen LogP contribution >= 0.6 is 0 Å². The van der Waals surface area contributed by atoms with Gasteiger partial charge < -0.3 is 29.2 Å². The molecule has 5 fully saturated rings. The first-order valence-corrected chi connectivity index (χ1v) is 25.0. The van der Waals surface area contributed by atoms with Crippen molar-refractivity contribution in [3.8, 4) is 23.0 Å². The number of anilines is 1. The van der Waals surface area contributed by atoms with Crippen LogP contribution in [0.1, 0.15) is 117 Å². The maximum atomic E-state index is 14.1. The number of pyridine rings is 1. The number of aliphatic hydroxyl groups is 1. The molecule has 3 N–H and O–H groups in total. The van der Waals surface area contributed by atoms with E-state index in [0.717, 1.165) is 61.6 Å². The fourth-order valence-electron chi connectivity index (χ4n) is 11.6. The number of hydrogen-bond donors (Lipinski definition) is 3. The molecule has 6 aliphatic rings. The number of nitrogens with one attached hydrogen (secondary N) is 2. The maximum Gasteiger partial charge on any atom is 0.316 e. The smallest absolute Gasteiger partial charge is 0.316 e. The van der Waals surface area contributed by atoms with Crippen molar-refractivity contribution >= 4 is 38.3 Å². The number of likely N-dealkylation sites (tertiary alicyclic amines) is 1. The van der Waals surface area contributed by atoms with E-state index in [-0.39, 0.29) is 35.3 Å². The van der Waals surface area contributed by atoms with Gasteiger partial charge in [-0.15, -0.1) is 0 Å². The number of aromatic amines is 1. The summed E-state index contributed by atoms with van der Waals surface area (Å²) in [6.45, 7) is 4.68. The minimum absolute atomic E-state index is 0.000182. The number of nitro benzene ring substituents is 1. The van der Waals surface area contributed by atoms with Gasteiger partial charge in [0, 0.05) is 60.6 Å². The molecule has 2 atom stereocenters. The van der Waals surface area contributed by atoms with Crippen LogP contribution < -0.4 is 23.8 Å². The molecule has 5 aromatic rings. The molecule has 0 radical (unpaired) electrons. The minimum Gasteiger partial charge on any atom is -0.485 e. The lowest BCUT2D eigenvalue weighted by Crippen LogP contribution is -2.54. The number of H-pyrrole nitrogens is 1. The summed E-state index contributed by atoms with van der Waals surface area (Å²) in [5, 5.41) is 23.6. The molecule has 0 unspecified atom stereocenters. The van der Waals surface area contributed by atoms with Crippen LogP contribution in [-0.2, 0) is 10.0 Å². The van der Waals surface area contributed by atoms with Gasteiger partial charge in [0.1, 0.15) is 29.9 Å². The number of nitrogens with zero attached hydrogens (tertiary/aromatic N) is 4. The van der Waals surface area contributed by atoms with E-state index in [9.17, 15) is 28.4 Å². The highest BCUT2D eigenvalue weighted by atomic mass is 32.2. The predicted octanol–water partition coefficient (Wildman–Crippen LogP) is 8.93. The van der Waals surface area contributed by atoms with Crippen LogP contribution in [0.5, 0.6) is 23.0 Å². The SMILES string of the molecule is CC1(O)CCC([C@@H]2COc3cc(S(=O)(=O)NC(=O)c4ccc(N5CCC6(CC5)CC(N5CCC[C@@H]5c5ccccc5C5CC5)C6)cc4Oc4cnc5[nH]ccc5c4)cc([N+](=O)[O-])c3O2)CC1. The van der Waals surface area contributed by atoms with Gasteiger partial charge in [0.25, 0.3) is 15.9 Å². The van der Waals surface area contributed by atoms with E-state index >= 15 is 0 Å². The van der Waals surface area contributed by atoms with Gasteiger partial charge in [-0.3, -0.25) is 19.8 Å². The third-order valence-electron chi connectivity index (χ3n) is 15.5. The van der Waals surface area contributed by atoms with Gasteiger partial charge in [-0.2, -0.15) is 0 Å². The molecule has 3 saturated carbocycles. The molecule has 2 saturated heterocycles. The lowest BCUT2D eigenvalue weighted by atomic mass is 9.59. The monoisotopic (exact) mass is 916 g/mol. The van der Waals surface area contributed by atoms with Gasteiger partial charge >= 0.3 is 5.69 Å². The number of carbonyl (C=O) groups is 1. The molecule has 15 nitrogen and oxygen atoms in total. The van der Waals surface area contributed by atoms with Crippen LogP contribution in [0, 0.1) is 21.4 Å². The molecule has 1 spiro atoms. The Hall–Kier alpha value is -5.71. The van der Waals surface area contributed by atoms with E-state index in [4.69, 9.17) is 14.2 Å². The summed E-state index contributed by atoms with van der Waals surface area (Å²) in [4.78, 5) is 37.8. The average Bonchev–Trinajstić information content (AvgIpc) is 3.84. The van der Waals surface area contributed by atoms with E-state index < -0.39 is 43.1 Å². The molecule has 3 aliphatic carbocycles. The molecular weight excluding hydrogens is 861 g/mol. The first-order chi connectivity index (χ1) is 31.8. The number of nitro groups is 1. The second-order valence-electron chi connectivity index (χ2n) is 20.0. The number of carbonyl (C=O) groups excluding carboxylic acids is 1. The molecule has 66 heavy (non-hydrogen) atoms. The number of ether oxygens (including phenoxy) is 3. The van der Waals surface area contributed by atoms with Crippen LogP contribution in [0.3, 0.4) is 0 Å². The Kier molecular flexibility index (Phi) is 10.8. The summed E-state index contributed by atoms with van der Waals surface area (Å²) in [5.41, 5.74) is 3.53. The van der Waals surface area contributed by atoms with E-state index in [1.54, 1.807) is 42.4 Å². The molecule has 0 bridgehead atoms. The van der Waals surface area contributed by atoms with Crippen LogP contribution in [0.2, 0.25) is 0 Å². The lowest BCUT2D eigenvalue weighted by molar-refractivity contribution is -0.386. The Bertz CT molecular complexity index is 2800. The first kappa shape index (κ1) is 42.9. The Morgan fingerprint density at radius 2 is 1.74 bits per heavy atom. The number of rotatable bonds is 11. The first-order valence-electron chi connectivity index (χ1n) is 23.6. The summed E-state index contributed by atoms with van der Waals surface area (Å²) < 4.78 is 48.4. The van der Waals surface area contributed by atoms with Gasteiger partial charge in [0.05, 0.1) is 27.2 Å². The maximum absolute atomic E-state index is 14.1. The summed E-state index contributed by atoms with van der Waals surface area (Å²) in [6, 6.07) is 21.1. The quantitative estimate of drug-likeness (QED) is 0.0844. The summed E-state index contributed by atoms with van der Waals surface area (Å²) in [6.07, 6.45) is 14.8. The zero-order chi connectivity index (χ0) is 45.4. The van der Waals surface area contributed by atoms with Crippen molar-refractivity contribution in [2.45, 2.75) is 119 Å². The van der Waals surface area contributed by atoms with Crippen LogP contribution in [0.25, 0.3) is 11.0 Å². The molecular formula is C50H56N6O9S. The molecule has 5 heterocycles. The third kappa shape index (κ3) is 8.25. The Balaban J connectivity index is 0.801. The summed E-state index contributed by atoms with van der Waals surface area (Å²) in [7, 11) is -4.68. The van der Waals surface area contributed by atoms with Crippen molar-refractivity contribution in [3.63, 3.8) is 0 Å². The molecule has 16 heteroatoms. The van der Waals surface area contributed by atoms with E-state index in [0.29, 0.717) is 54.6 Å². The fourth-order valence-corrected chi connectivity index (χ4v) is 12.6. The van der Waals surface area contributed by atoms with Crippen LogP contribution in [0.15, 0.2) is 84.0 Å². The van der Waals surface area contributed by atoms with Gasteiger partial charge in [-0.25, -0.2) is 18.1 Å². The van der Waals surface area contributed by atoms with E-state index in [2.05, 4.69) is 48.8 Å². The summed E-state index contributed by atoms with van der Waals surface area (Å²) in [5.74, 6) is -0.0140. The highest BCUT2D eigenvalue weighted by Crippen LogP contribution is 2.55. The number of aromatic nitrogens is 2. The zero-order valence-electron chi connectivity index (χ0n) is 37.1. The Labute approximate surface area is 384 Å². The van der Waals surface area contributed by atoms with Crippen molar-refractivity contribution in [3.05, 3.63) is 106 Å². The van der Waals surface area contributed by atoms with Crippen LogP contribution in [0.4, 0.5) is 11.4 Å². The largest absolute Gasteiger partial charge is 0.485 e. The van der Waals surface area contributed by atoms with Gasteiger partial charge in [-0.1, -0.05) is 24.3 Å². The number of amides is 1. The van der Waals surface area contributed by atoms with Gasteiger partial charge in [0.2, 0.25) is 5.75 Å². The number of benzene rings is 3. The highest BCUT2D eigenvalue weighted by molar-refractivity contribution is 7.90. The topological polar surface area (TPSA) is 189 Å². The number of hydrogen-bond acceptors (Lipinski definition) is 12. The van der Waals surface area contributed by atoms with Crippen molar-refractivity contribution in [1.82, 2.24) is 19.6 Å². The number of piperidine rings is 1. The zero-order valence-corrected chi connectivity index (χ0v) is 37.9. The Morgan fingerprint density at radius 3 is 2.50 bits per heavy atom. The third-order valence-corrected chi connectivity index (χ3v) is 16.8. The fraction of sp³-hybridized carbons (Fsp3) is 0.480. The number of sulfonamides is 1. The molecule has 3 aliphatic heterocycles. The average molecular weight is 917 g/mol. The second kappa shape index (κ2) is 16.6. The molecule has 346 valence electrons. The van der Waals surface area contributed by atoms with E-state index in [1.807, 2.05) is 12.1 Å². The normalized spacial score (nSPS) is 25.4. The molecule has 2 aromatic heterocycles. The van der Waals surface area contributed by atoms with Crippen LogP contribution in [-0.4, -0.2) is 83.2 Å². The Morgan fingerprint density at radius 1 is 0.970 bits per heavy atom. The van der Waals surface area contributed by atoms with Crippen molar-refractivity contribution in [1.29, 1.82) is 0 Å².